The fraction of sp³-hybridized carbons (Fsp3) is 0.267. The van der Waals surface area contributed by atoms with Gasteiger partial charge < -0.3 is 10.5 Å². The average Bonchev–Trinajstić information content (AvgIpc) is 2.56. The molecule has 2 rings (SSSR count). The molecule has 1 heterocycles. The monoisotopic (exact) mass is 357 g/mol. The number of nitrogens with zero attached hydrogens (tertiary/aromatic N) is 2. The molecule has 128 valence electrons. The van der Waals surface area contributed by atoms with Gasteiger partial charge in [0.1, 0.15) is 23.9 Å². The fourth-order valence-corrected chi connectivity index (χ4v) is 2.34. The SMILES string of the molecule is COc1ccc(C(N)(CF)C[N+](=O)[O-])nc1-c1ccc(F)c(Cl)c1. The van der Waals surface area contributed by atoms with Crippen LogP contribution >= 0.6 is 11.6 Å². The topological polar surface area (TPSA) is 91.3 Å². The Labute approximate surface area is 141 Å². The average molecular weight is 358 g/mol. The van der Waals surface area contributed by atoms with Gasteiger partial charge in [0.2, 0.25) is 6.54 Å². The molecule has 0 radical (unpaired) electrons. The summed E-state index contributed by atoms with van der Waals surface area (Å²) < 4.78 is 31.9. The maximum absolute atomic E-state index is 13.4. The number of alkyl halides is 1. The fourth-order valence-electron chi connectivity index (χ4n) is 2.16. The molecule has 2 aromatic rings. The number of benzene rings is 1. The standard InChI is InChI=1S/C15H14ClF2N3O3/c1-24-12-4-5-13(15(19,7-17)8-21(22)23)20-14(12)9-2-3-11(18)10(16)6-9/h2-6H,7-8,19H2,1H3. The van der Waals surface area contributed by atoms with Crippen LogP contribution in [0.2, 0.25) is 5.02 Å². The Morgan fingerprint density at radius 1 is 1.42 bits per heavy atom. The zero-order valence-electron chi connectivity index (χ0n) is 12.6. The van der Waals surface area contributed by atoms with Gasteiger partial charge >= 0.3 is 0 Å². The van der Waals surface area contributed by atoms with Crippen molar-refractivity contribution in [2.24, 2.45) is 5.73 Å². The van der Waals surface area contributed by atoms with Crippen LogP contribution in [0, 0.1) is 15.9 Å². The number of hydrogen-bond donors (Lipinski definition) is 1. The normalized spacial score (nSPS) is 13.4. The Kier molecular flexibility index (Phi) is 5.30. The van der Waals surface area contributed by atoms with Crippen LogP contribution < -0.4 is 10.5 Å². The Balaban J connectivity index is 2.58. The molecule has 0 aliphatic rings. The third-order valence-electron chi connectivity index (χ3n) is 3.43. The molecule has 0 aliphatic heterocycles. The number of nitrogens with two attached hydrogens (primary N) is 1. The van der Waals surface area contributed by atoms with Gasteiger partial charge in [0.05, 0.1) is 17.8 Å². The van der Waals surface area contributed by atoms with Gasteiger partial charge in [-0.25, -0.2) is 13.8 Å². The van der Waals surface area contributed by atoms with Crippen molar-refractivity contribution in [2.45, 2.75) is 5.54 Å². The van der Waals surface area contributed by atoms with Gasteiger partial charge in [-0.15, -0.1) is 0 Å². The lowest BCUT2D eigenvalue weighted by atomic mass is 9.96. The Bertz CT molecular complexity index is 776. The lowest BCUT2D eigenvalue weighted by Crippen LogP contribution is -2.46. The molecule has 0 bridgehead atoms. The van der Waals surface area contributed by atoms with Crippen molar-refractivity contribution in [3.63, 3.8) is 0 Å². The molecule has 1 atom stereocenters. The van der Waals surface area contributed by atoms with E-state index >= 15 is 0 Å². The summed E-state index contributed by atoms with van der Waals surface area (Å²) in [6.45, 7) is -2.00. The summed E-state index contributed by atoms with van der Waals surface area (Å²) >= 11 is 5.77. The van der Waals surface area contributed by atoms with Crippen LogP contribution in [0.25, 0.3) is 11.3 Å². The summed E-state index contributed by atoms with van der Waals surface area (Å²) in [5.41, 5.74) is 4.54. The molecule has 1 aromatic carbocycles. The molecule has 1 aromatic heterocycles. The predicted molar refractivity (Wildman–Crippen MR) is 84.9 cm³/mol. The maximum Gasteiger partial charge on any atom is 0.229 e. The molecule has 1 unspecified atom stereocenters. The highest BCUT2D eigenvalue weighted by molar-refractivity contribution is 6.31. The molecular formula is C15H14ClF2N3O3. The van der Waals surface area contributed by atoms with Crippen LogP contribution in [-0.4, -0.2) is 30.2 Å². The Morgan fingerprint density at radius 2 is 2.12 bits per heavy atom. The van der Waals surface area contributed by atoms with E-state index in [0.29, 0.717) is 11.3 Å². The molecular weight excluding hydrogens is 344 g/mol. The molecule has 0 amide bonds. The minimum Gasteiger partial charge on any atom is -0.494 e. The van der Waals surface area contributed by atoms with Gasteiger partial charge in [-0.3, -0.25) is 10.1 Å². The van der Waals surface area contributed by atoms with E-state index in [2.05, 4.69) is 4.98 Å². The molecule has 9 heteroatoms. The van der Waals surface area contributed by atoms with Crippen molar-refractivity contribution in [3.05, 3.63) is 57.0 Å². The number of nitro groups is 1. The summed E-state index contributed by atoms with van der Waals surface area (Å²) in [6, 6.07) is 6.71. The van der Waals surface area contributed by atoms with E-state index in [0.717, 1.165) is 6.07 Å². The van der Waals surface area contributed by atoms with Crippen molar-refractivity contribution < 1.29 is 18.4 Å². The van der Waals surface area contributed by atoms with Crippen LogP contribution in [0.15, 0.2) is 30.3 Å². The van der Waals surface area contributed by atoms with Crippen LogP contribution in [0.1, 0.15) is 5.69 Å². The third kappa shape index (κ3) is 3.60. The molecule has 2 N–H and O–H groups in total. The maximum atomic E-state index is 13.4. The molecule has 0 saturated carbocycles. The van der Waals surface area contributed by atoms with Crippen molar-refractivity contribution >= 4 is 11.6 Å². The zero-order chi connectivity index (χ0) is 17.9. The van der Waals surface area contributed by atoms with Crippen molar-refractivity contribution in [3.8, 4) is 17.0 Å². The highest BCUT2D eigenvalue weighted by atomic mass is 35.5. The van der Waals surface area contributed by atoms with Crippen LogP contribution in [0.5, 0.6) is 5.75 Å². The summed E-state index contributed by atoms with van der Waals surface area (Å²) in [5, 5.41) is 10.6. The minimum atomic E-state index is -1.88. The molecule has 0 spiro atoms. The van der Waals surface area contributed by atoms with Gasteiger partial charge in [-0.05, 0) is 30.3 Å². The number of halogens is 3. The number of hydrogen-bond acceptors (Lipinski definition) is 5. The van der Waals surface area contributed by atoms with Crippen molar-refractivity contribution in [1.82, 2.24) is 4.98 Å². The summed E-state index contributed by atoms with van der Waals surface area (Å²) in [4.78, 5) is 14.3. The van der Waals surface area contributed by atoms with Gasteiger partial charge in [0.15, 0.2) is 5.54 Å². The third-order valence-corrected chi connectivity index (χ3v) is 3.72. The van der Waals surface area contributed by atoms with E-state index in [1.54, 1.807) is 0 Å². The Hall–Kier alpha value is -2.32. The first-order chi connectivity index (χ1) is 11.3. The second-order valence-corrected chi connectivity index (χ2v) is 5.56. The first kappa shape index (κ1) is 18.0. The lowest BCUT2D eigenvalue weighted by Gasteiger charge is -2.22. The van der Waals surface area contributed by atoms with E-state index < -0.39 is 29.5 Å². The lowest BCUT2D eigenvalue weighted by molar-refractivity contribution is -0.491. The zero-order valence-corrected chi connectivity index (χ0v) is 13.4. The molecule has 0 saturated heterocycles. The van der Waals surface area contributed by atoms with E-state index in [1.165, 1.54) is 31.4 Å². The predicted octanol–water partition coefficient (Wildman–Crippen LogP) is 2.95. The minimum absolute atomic E-state index is 0.0158. The second-order valence-electron chi connectivity index (χ2n) is 5.16. The number of ether oxygens (including phenoxy) is 1. The van der Waals surface area contributed by atoms with Crippen LogP contribution in [0.4, 0.5) is 8.78 Å². The van der Waals surface area contributed by atoms with Gasteiger partial charge in [-0.1, -0.05) is 11.6 Å². The van der Waals surface area contributed by atoms with Gasteiger partial charge in [-0.2, -0.15) is 0 Å². The highest BCUT2D eigenvalue weighted by Crippen LogP contribution is 2.32. The highest BCUT2D eigenvalue weighted by Gasteiger charge is 2.36. The van der Waals surface area contributed by atoms with Crippen LogP contribution in [0.3, 0.4) is 0 Å². The number of aromatic nitrogens is 1. The van der Waals surface area contributed by atoms with E-state index in [-0.39, 0.29) is 16.4 Å². The summed E-state index contributed by atoms with van der Waals surface area (Å²) in [6.07, 6.45) is 0. The first-order valence-electron chi connectivity index (χ1n) is 6.78. The van der Waals surface area contributed by atoms with Crippen molar-refractivity contribution in [2.75, 3.05) is 20.3 Å². The number of pyridine rings is 1. The van der Waals surface area contributed by atoms with E-state index in [1.807, 2.05) is 0 Å². The first-order valence-corrected chi connectivity index (χ1v) is 7.16. The van der Waals surface area contributed by atoms with Crippen molar-refractivity contribution in [1.29, 1.82) is 0 Å². The summed E-state index contributed by atoms with van der Waals surface area (Å²) in [7, 11) is 1.40. The summed E-state index contributed by atoms with van der Waals surface area (Å²) in [5.74, 6) is -0.301. The van der Waals surface area contributed by atoms with Crippen LogP contribution in [-0.2, 0) is 5.54 Å². The number of methoxy groups -OCH3 is 1. The molecule has 0 fully saturated rings. The quantitative estimate of drug-likeness (QED) is 0.634. The largest absolute Gasteiger partial charge is 0.494 e. The number of rotatable bonds is 6. The van der Waals surface area contributed by atoms with E-state index in [4.69, 9.17) is 22.1 Å². The smallest absolute Gasteiger partial charge is 0.229 e. The van der Waals surface area contributed by atoms with Gasteiger partial charge in [0, 0.05) is 10.5 Å². The Morgan fingerprint density at radius 3 is 2.67 bits per heavy atom. The van der Waals surface area contributed by atoms with E-state index in [9.17, 15) is 18.9 Å². The second kappa shape index (κ2) is 7.06. The molecule has 6 nitrogen and oxygen atoms in total. The van der Waals surface area contributed by atoms with Gasteiger partial charge in [0.25, 0.3) is 0 Å². The molecule has 0 aliphatic carbocycles. The molecule has 24 heavy (non-hydrogen) atoms.